The van der Waals surface area contributed by atoms with Gasteiger partial charge in [0, 0.05) is 40.0 Å². The molecule has 4 fully saturated rings. The lowest BCUT2D eigenvalue weighted by molar-refractivity contribution is -0.208. The van der Waals surface area contributed by atoms with Crippen LogP contribution < -0.4 is 0 Å². The molecule has 1 N–H and O–H groups in total. The van der Waals surface area contributed by atoms with Crippen LogP contribution in [0.15, 0.2) is 23.8 Å². The van der Waals surface area contributed by atoms with Gasteiger partial charge in [0.1, 0.15) is 0 Å². The molecule has 0 aromatic rings. The van der Waals surface area contributed by atoms with Gasteiger partial charge in [0.25, 0.3) is 0 Å². The molecule has 1 saturated heterocycles. The molecule has 0 aromatic carbocycles. The number of hydrogen-bond acceptors (Lipinski definition) is 7. The van der Waals surface area contributed by atoms with Crippen LogP contribution in [0.3, 0.4) is 0 Å². The molecule has 0 amide bonds. The van der Waals surface area contributed by atoms with Gasteiger partial charge in [0.2, 0.25) is 5.78 Å². The molecule has 39 heavy (non-hydrogen) atoms. The highest BCUT2D eigenvalue weighted by atomic mass is 16.7. The number of allylic oxidation sites excluding steroid dienone is 4. The molecule has 6 aliphatic rings. The number of esters is 1. The zero-order valence-electron chi connectivity index (χ0n) is 34.2. The topological polar surface area (TPSA) is 99.1 Å². The zero-order valence-corrected chi connectivity index (χ0v) is 22.2. The van der Waals surface area contributed by atoms with Crippen LogP contribution in [0.2, 0.25) is 0 Å². The molecule has 0 aromatic heterocycles. The maximum absolute atomic E-state index is 14.9. The summed E-state index contributed by atoms with van der Waals surface area (Å²) in [6, 6.07) is -0.349. The second kappa shape index (κ2) is 9.63. The number of aliphatic hydroxyl groups is 1. The highest BCUT2D eigenvalue weighted by Gasteiger charge is 2.76. The molecule has 214 valence electrons. The average molecular weight is 553 g/mol. The summed E-state index contributed by atoms with van der Waals surface area (Å²) in [5.41, 5.74) is -4.54. The first-order valence-corrected chi connectivity index (χ1v) is 13.9. The van der Waals surface area contributed by atoms with E-state index in [0.717, 1.165) is 19.3 Å². The minimum absolute atomic E-state index is 0.0281. The molecule has 0 spiro atoms. The van der Waals surface area contributed by atoms with E-state index in [9.17, 15) is 20.9 Å². The van der Waals surface area contributed by atoms with Crippen LogP contribution in [-0.4, -0.2) is 53.3 Å². The first kappa shape index (κ1) is 16.6. The third-order valence-corrected chi connectivity index (χ3v) is 10.6. The van der Waals surface area contributed by atoms with Crippen molar-refractivity contribution in [2.75, 3.05) is 6.56 Å². The zero-order chi connectivity index (χ0) is 38.1. The van der Waals surface area contributed by atoms with Crippen LogP contribution in [0.1, 0.15) is 102 Å². The number of Topliss-reactive ketones (excluding diaryl/α,β-unsaturated/α-hetero) is 1. The summed E-state index contributed by atoms with van der Waals surface area (Å²) in [7, 11) is 0. The van der Waals surface area contributed by atoms with Gasteiger partial charge < -0.3 is 19.3 Å². The Morgan fingerprint density at radius 1 is 1.36 bits per heavy atom. The third-order valence-electron chi connectivity index (χ3n) is 10.6. The Hall–Kier alpha value is -1.83. The Balaban J connectivity index is 1.44. The fraction of sp³-hybridized carbons (Fsp3) is 0.781. The normalized spacial score (nSPS) is 55.1. The highest BCUT2D eigenvalue weighted by Crippen LogP contribution is 2.69. The van der Waals surface area contributed by atoms with Gasteiger partial charge in [-0.3, -0.25) is 14.4 Å². The van der Waals surface area contributed by atoms with E-state index in [1.165, 1.54) is 6.08 Å². The number of rotatable bonds is 5. The van der Waals surface area contributed by atoms with Gasteiger partial charge in [-0.05, 0) is 50.0 Å². The molecule has 10 atom stereocenters. The van der Waals surface area contributed by atoms with Crippen LogP contribution in [0, 0.1) is 40.4 Å². The van der Waals surface area contributed by atoms with Gasteiger partial charge in [0.05, 0.1) is 23.6 Å². The van der Waals surface area contributed by atoms with E-state index >= 15 is 0 Å². The predicted molar refractivity (Wildman–Crippen MR) is 143 cm³/mol. The monoisotopic (exact) mass is 552 g/mol. The van der Waals surface area contributed by atoms with E-state index in [4.69, 9.17) is 29.3 Å². The van der Waals surface area contributed by atoms with E-state index in [2.05, 4.69) is 0 Å². The number of ether oxygens (including phenoxy) is 3. The second-order valence-corrected chi connectivity index (χ2v) is 12.5. The summed E-state index contributed by atoms with van der Waals surface area (Å²) in [5, 5.41) is 12.0. The molecule has 6 rings (SSSR count). The fourth-order valence-electron chi connectivity index (χ4n) is 8.80. The van der Waals surface area contributed by atoms with Crippen molar-refractivity contribution in [1.29, 1.82) is 0 Å². The number of hydrogen-bond donors (Lipinski definition) is 1. The summed E-state index contributed by atoms with van der Waals surface area (Å²) < 4.78 is 115. The lowest BCUT2D eigenvalue weighted by atomic mass is 9.47. The number of carbonyl (C=O) groups is 3. The molecule has 2 unspecified atom stereocenters. The first-order chi connectivity index (χ1) is 23.2. The van der Waals surface area contributed by atoms with Crippen LogP contribution in [0.4, 0.5) is 0 Å². The number of aliphatic hydroxyl groups excluding tert-OH is 1. The smallest absolute Gasteiger partial charge is 0.308 e. The summed E-state index contributed by atoms with van der Waals surface area (Å²) in [5.74, 6) is -10.7. The quantitative estimate of drug-likeness (QED) is 0.390. The van der Waals surface area contributed by atoms with Crippen LogP contribution in [0.25, 0.3) is 0 Å². The minimum atomic E-state index is -3.96. The van der Waals surface area contributed by atoms with Crippen LogP contribution in [-0.2, 0) is 28.6 Å². The Morgan fingerprint density at radius 3 is 2.87 bits per heavy atom. The van der Waals surface area contributed by atoms with Crippen molar-refractivity contribution in [2.24, 2.45) is 40.4 Å². The molecule has 7 heteroatoms. The summed E-state index contributed by atoms with van der Waals surface area (Å²) in [4.78, 5) is 40.7. The largest absolute Gasteiger partial charge is 0.457 e. The van der Waals surface area contributed by atoms with E-state index in [1.54, 1.807) is 19.9 Å². The fourth-order valence-corrected chi connectivity index (χ4v) is 8.80. The highest BCUT2D eigenvalue weighted by molar-refractivity contribution is 5.94. The van der Waals surface area contributed by atoms with Crippen molar-refractivity contribution >= 4 is 17.5 Å². The first-order valence-electron chi connectivity index (χ1n) is 20.0. The van der Waals surface area contributed by atoms with Crippen molar-refractivity contribution in [3.05, 3.63) is 23.8 Å². The van der Waals surface area contributed by atoms with Gasteiger partial charge in [-0.15, -0.1) is 0 Å². The number of carbonyl (C=O) groups excluding carboxylic acids is 3. The van der Waals surface area contributed by atoms with Gasteiger partial charge >= 0.3 is 5.97 Å². The standard InChI is InChI=1S/C32H44O7/c1-18(2)28(36)37-17-25(35)32-26(38-29(39-32)19-8-6-5-7-9-19)15-23-22-11-10-20-14-21(33)12-13-30(20,3)27(22)24(34)16-31(23,32)4/h10,12-13,18-19,22-24,26-27,29,34H,5-9,11,14-17H2,1-4H3/t22-,23-,24-,26+,27+,29?,30-,31-,32+/m0/s1/i1D3,2D3,12D,14D,17D2,18D,29D/t14?,22-,23-,24-,26+,27+,29?,30-,31-,32+. The van der Waals surface area contributed by atoms with E-state index in [1.807, 2.05) is 0 Å². The molecule has 0 bridgehead atoms. The maximum Gasteiger partial charge on any atom is 0.308 e. The van der Waals surface area contributed by atoms with E-state index in [0.29, 0.717) is 18.4 Å². The Kier molecular flexibility index (Phi) is 4.09. The van der Waals surface area contributed by atoms with E-state index < -0.39 is 109 Å². The average Bonchev–Trinajstić information content (AvgIpc) is 3.45. The molecule has 7 nitrogen and oxygen atoms in total. The maximum atomic E-state index is 14.9. The summed E-state index contributed by atoms with van der Waals surface area (Å²) in [6.07, 6.45) is 0.613. The minimum Gasteiger partial charge on any atom is -0.457 e. The van der Waals surface area contributed by atoms with Gasteiger partial charge in [-0.25, -0.2) is 0 Å². The van der Waals surface area contributed by atoms with Crippen LogP contribution >= 0.6 is 0 Å². The summed E-state index contributed by atoms with van der Waals surface area (Å²) >= 11 is 0. The Bertz CT molecular complexity index is 1560. The lowest BCUT2D eigenvalue weighted by Crippen LogP contribution is -2.63. The van der Waals surface area contributed by atoms with Crippen molar-refractivity contribution in [2.45, 2.75) is 109 Å². The molecular formula is C32H44O7. The predicted octanol–water partition coefficient (Wildman–Crippen LogP) is 4.70. The van der Waals surface area contributed by atoms with Crippen LogP contribution in [0.5, 0.6) is 0 Å². The number of fused-ring (bicyclic) bond motifs is 7. The van der Waals surface area contributed by atoms with E-state index in [-0.39, 0.29) is 25.3 Å². The number of ketones is 2. The van der Waals surface area contributed by atoms with Crippen molar-refractivity contribution in [3.8, 4) is 0 Å². The van der Waals surface area contributed by atoms with Gasteiger partial charge in [-0.2, -0.15) is 0 Å². The van der Waals surface area contributed by atoms with Gasteiger partial charge in [0.15, 0.2) is 24.2 Å². The second-order valence-electron chi connectivity index (χ2n) is 12.5. The Morgan fingerprint density at radius 2 is 2.13 bits per heavy atom. The van der Waals surface area contributed by atoms with Crippen molar-refractivity contribution < 1.29 is 50.1 Å². The Labute approximate surface area is 248 Å². The van der Waals surface area contributed by atoms with Crippen molar-refractivity contribution in [1.82, 2.24) is 0 Å². The molecule has 1 heterocycles. The molecule has 5 aliphatic carbocycles. The summed E-state index contributed by atoms with van der Waals surface area (Å²) in [6.45, 7) is -8.05. The van der Waals surface area contributed by atoms with Gasteiger partial charge in [-0.1, -0.05) is 64.5 Å². The molecule has 0 radical (unpaired) electrons. The molecule has 3 saturated carbocycles. The SMILES string of the molecule is [2H]C1=C[C@@]2(C)C(=CC[C@@H]3[C@@H]2[C@@H](O)C[C@@]2(C)[C@H]3C[C@H]3OC([2H])(C4CCCCC4)O[C@]32C(=O)C([2H])([2H])OC(=O)C([2H])(C([2H])([2H])[2H])C([2H])([2H])[2H])C([2H])C1=O. The lowest BCUT2D eigenvalue weighted by Gasteiger charge is -2.59. The molecule has 1 aliphatic heterocycles. The molecular weight excluding hydrogens is 496 g/mol. The third kappa shape index (κ3) is 3.97. The van der Waals surface area contributed by atoms with Crippen molar-refractivity contribution in [3.63, 3.8) is 0 Å².